The average molecular weight is 307 g/mol. The van der Waals surface area contributed by atoms with Gasteiger partial charge in [-0.15, -0.1) is 0 Å². The van der Waals surface area contributed by atoms with Gasteiger partial charge in [-0.05, 0) is 64.1 Å². The van der Waals surface area contributed by atoms with Crippen LogP contribution in [0.3, 0.4) is 0 Å². The van der Waals surface area contributed by atoms with Crippen LogP contribution < -0.4 is 11.1 Å². The lowest BCUT2D eigenvalue weighted by molar-refractivity contribution is 0.725. The Balaban J connectivity index is 3.66. The van der Waals surface area contributed by atoms with Crippen LogP contribution in [0.25, 0.3) is 0 Å². The van der Waals surface area contributed by atoms with Gasteiger partial charge in [0.2, 0.25) is 0 Å². The van der Waals surface area contributed by atoms with Crippen LogP contribution in [0.5, 0.6) is 0 Å². The third-order valence-electron chi connectivity index (χ3n) is 3.01. The maximum absolute atomic E-state index is 5.39. The van der Waals surface area contributed by atoms with Gasteiger partial charge in [-0.3, -0.25) is 0 Å². The summed E-state index contributed by atoms with van der Waals surface area (Å²) in [6.07, 6.45) is 18.7. The van der Waals surface area contributed by atoms with Crippen molar-refractivity contribution in [1.29, 1.82) is 0 Å². The highest BCUT2D eigenvalue weighted by atomic mass is 32.1. The Kier molecular flexibility index (Phi) is 12.7. The first-order chi connectivity index (χ1) is 10.1. The van der Waals surface area contributed by atoms with Gasteiger partial charge in [0, 0.05) is 5.70 Å². The summed E-state index contributed by atoms with van der Waals surface area (Å²) in [5.74, 6) is 0. The summed E-state index contributed by atoms with van der Waals surface area (Å²) >= 11 is 4.77. The Morgan fingerprint density at radius 3 is 2.57 bits per heavy atom. The van der Waals surface area contributed by atoms with Crippen molar-refractivity contribution in [2.24, 2.45) is 5.73 Å². The minimum Gasteiger partial charge on any atom is -0.376 e. The summed E-state index contributed by atoms with van der Waals surface area (Å²) in [7, 11) is 0. The van der Waals surface area contributed by atoms with Crippen molar-refractivity contribution in [2.75, 3.05) is 0 Å². The van der Waals surface area contributed by atoms with Crippen molar-refractivity contribution in [3.05, 3.63) is 48.2 Å². The largest absolute Gasteiger partial charge is 0.376 e. The Bertz CT molecular complexity index is 392. The second-order valence-electron chi connectivity index (χ2n) is 5.18. The topological polar surface area (TPSA) is 38.0 Å². The van der Waals surface area contributed by atoms with Crippen LogP contribution in [-0.4, -0.2) is 5.11 Å². The number of unbranched alkanes of at least 4 members (excludes halogenated alkanes) is 2. The molecule has 0 radical (unpaired) electrons. The molecule has 0 fully saturated rings. The van der Waals surface area contributed by atoms with E-state index in [1.807, 2.05) is 0 Å². The summed E-state index contributed by atoms with van der Waals surface area (Å²) in [4.78, 5) is 0. The maximum Gasteiger partial charge on any atom is 0.167 e. The molecular formula is C18H30N2S. The first-order valence-corrected chi connectivity index (χ1v) is 8.17. The average Bonchev–Trinajstić information content (AvgIpc) is 2.41. The molecule has 0 aliphatic heterocycles. The predicted molar refractivity (Wildman–Crippen MR) is 99.1 cm³/mol. The zero-order valence-corrected chi connectivity index (χ0v) is 14.3. The van der Waals surface area contributed by atoms with Gasteiger partial charge in [-0.2, -0.15) is 0 Å². The van der Waals surface area contributed by atoms with Crippen molar-refractivity contribution in [3.63, 3.8) is 0 Å². The number of nitrogens with one attached hydrogen (secondary N) is 1. The van der Waals surface area contributed by atoms with E-state index in [2.05, 4.69) is 56.1 Å². The lowest BCUT2D eigenvalue weighted by Crippen LogP contribution is -2.27. The van der Waals surface area contributed by atoms with Crippen LogP contribution in [0.2, 0.25) is 0 Å². The Morgan fingerprint density at radius 2 is 1.90 bits per heavy atom. The zero-order valence-electron chi connectivity index (χ0n) is 13.5. The number of nitrogens with two attached hydrogens (primary N) is 1. The van der Waals surface area contributed by atoms with Crippen LogP contribution >= 0.6 is 12.2 Å². The molecule has 118 valence electrons. The molecule has 0 bridgehead atoms. The van der Waals surface area contributed by atoms with E-state index in [1.165, 1.54) is 12.0 Å². The molecule has 0 spiro atoms. The van der Waals surface area contributed by atoms with Crippen LogP contribution in [0, 0.1) is 0 Å². The molecular weight excluding hydrogens is 276 g/mol. The van der Waals surface area contributed by atoms with E-state index in [4.69, 9.17) is 18.0 Å². The van der Waals surface area contributed by atoms with Crippen molar-refractivity contribution >= 4 is 17.3 Å². The molecule has 0 saturated heterocycles. The molecule has 0 atom stereocenters. The maximum atomic E-state index is 5.39. The highest BCUT2D eigenvalue weighted by Gasteiger charge is 1.95. The van der Waals surface area contributed by atoms with Gasteiger partial charge in [-0.1, -0.05) is 49.5 Å². The van der Waals surface area contributed by atoms with E-state index in [0.29, 0.717) is 5.11 Å². The van der Waals surface area contributed by atoms with Crippen molar-refractivity contribution < 1.29 is 0 Å². The van der Waals surface area contributed by atoms with Crippen molar-refractivity contribution in [2.45, 2.75) is 58.8 Å². The molecule has 3 N–H and O–H groups in total. The van der Waals surface area contributed by atoms with Gasteiger partial charge in [-0.25, -0.2) is 0 Å². The molecule has 0 saturated carbocycles. The van der Waals surface area contributed by atoms with E-state index >= 15 is 0 Å². The van der Waals surface area contributed by atoms with E-state index in [0.717, 1.165) is 44.2 Å². The fourth-order valence-corrected chi connectivity index (χ4v) is 2.00. The summed E-state index contributed by atoms with van der Waals surface area (Å²) in [5.41, 5.74) is 7.73. The van der Waals surface area contributed by atoms with Gasteiger partial charge >= 0.3 is 0 Å². The quantitative estimate of drug-likeness (QED) is 0.315. The smallest absolute Gasteiger partial charge is 0.167 e. The van der Waals surface area contributed by atoms with E-state index in [9.17, 15) is 0 Å². The van der Waals surface area contributed by atoms with Gasteiger partial charge < -0.3 is 11.1 Å². The first kappa shape index (κ1) is 19.7. The molecule has 3 heteroatoms. The second-order valence-corrected chi connectivity index (χ2v) is 5.62. The Labute approximate surface area is 135 Å². The highest BCUT2D eigenvalue weighted by Crippen LogP contribution is 2.09. The molecule has 2 nitrogen and oxygen atoms in total. The standard InChI is InChI=1S/C18H30N2S/c1-4-5-6-7-8-10-13-16(2)14-11-9-12-15-17(3)20-18(19)21/h5-6,8,10,14H,3-4,7,9,11-13,15H2,1-2H3,(H3,19,20,21)/b6-5-,10-8-,16-14+. The van der Waals surface area contributed by atoms with Crippen LogP contribution in [0.4, 0.5) is 0 Å². The Hall–Kier alpha value is -1.35. The molecule has 0 amide bonds. The molecule has 0 aromatic carbocycles. The third kappa shape index (κ3) is 14.9. The number of thiocarbonyl (C=S) groups is 1. The molecule has 0 heterocycles. The van der Waals surface area contributed by atoms with Gasteiger partial charge in [0.25, 0.3) is 0 Å². The molecule has 0 aromatic heterocycles. The van der Waals surface area contributed by atoms with Crippen LogP contribution in [-0.2, 0) is 0 Å². The molecule has 0 aliphatic carbocycles. The van der Waals surface area contributed by atoms with Crippen molar-refractivity contribution in [1.82, 2.24) is 5.32 Å². The minimum atomic E-state index is 0.302. The summed E-state index contributed by atoms with van der Waals surface area (Å²) in [6.45, 7) is 8.24. The highest BCUT2D eigenvalue weighted by molar-refractivity contribution is 7.80. The van der Waals surface area contributed by atoms with Crippen molar-refractivity contribution in [3.8, 4) is 0 Å². The summed E-state index contributed by atoms with van der Waals surface area (Å²) in [6, 6.07) is 0. The minimum absolute atomic E-state index is 0.302. The molecule has 0 unspecified atom stereocenters. The number of rotatable bonds is 11. The van der Waals surface area contributed by atoms with Gasteiger partial charge in [0.05, 0.1) is 0 Å². The molecule has 0 aromatic rings. The normalized spacial score (nSPS) is 12.2. The fraction of sp³-hybridized carbons (Fsp3) is 0.500. The van der Waals surface area contributed by atoms with Crippen LogP contribution in [0.15, 0.2) is 48.2 Å². The Morgan fingerprint density at radius 1 is 1.19 bits per heavy atom. The van der Waals surface area contributed by atoms with E-state index in [-0.39, 0.29) is 0 Å². The van der Waals surface area contributed by atoms with Gasteiger partial charge in [0.15, 0.2) is 5.11 Å². The fourth-order valence-electron chi connectivity index (χ4n) is 1.86. The molecule has 0 rings (SSSR count). The lowest BCUT2D eigenvalue weighted by atomic mass is 10.1. The van der Waals surface area contributed by atoms with E-state index < -0.39 is 0 Å². The number of hydrogen-bond acceptors (Lipinski definition) is 1. The summed E-state index contributed by atoms with van der Waals surface area (Å²) in [5, 5.41) is 3.18. The monoisotopic (exact) mass is 306 g/mol. The van der Waals surface area contributed by atoms with Crippen LogP contribution in [0.1, 0.15) is 58.8 Å². The SMILES string of the molecule is C=C(CCCC/C=C(\C)C/C=C\C/C=C\CC)NC(N)=S. The lowest BCUT2D eigenvalue weighted by Gasteiger charge is -2.06. The molecule has 21 heavy (non-hydrogen) atoms. The van der Waals surface area contributed by atoms with E-state index in [1.54, 1.807) is 0 Å². The number of hydrogen-bond donors (Lipinski definition) is 2. The number of allylic oxidation sites excluding steroid dienone is 7. The first-order valence-electron chi connectivity index (χ1n) is 7.76. The van der Waals surface area contributed by atoms with Gasteiger partial charge in [0.1, 0.15) is 0 Å². The predicted octanol–water partition coefficient (Wildman–Crippen LogP) is 5.14. The summed E-state index contributed by atoms with van der Waals surface area (Å²) < 4.78 is 0. The third-order valence-corrected chi connectivity index (χ3v) is 3.11. The zero-order chi connectivity index (χ0) is 15.9. The molecule has 0 aliphatic rings. The second kappa shape index (κ2) is 13.6.